The summed E-state index contributed by atoms with van der Waals surface area (Å²) in [4.78, 5) is 2.59. The third-order valence-electron chi connectivity index (χ3n) is 2.76. The molecule has 2 fully saturated rings. The van der Waals surface area contributed by atoms with Crippen LogP contribution in [0.5, 0.6) is 0 Å². The van der Waals surface area contributed by atoms with Crippen molar-refractivity contribution in [3.05, 3.63) is 0 Å². The maximum atomic E-state index is 5.39. The fourth-order valence-electron chi connectivity index (χ4n) is 2.10. The van der Waals surface area contributed by atoms with Crippen molar-refractivity contribution in [2.45, 2.75) is 45.7 Å². The number of morpholine rings is 1. The van der Waals surface area contributed by atoms with Gasteiger partial charge in [-0.15, -0.1) is 0 Å². The summed E-state index contributed by atoms with van der Waals surface area (Å²) in [5, 5.41) is 0. The second-order valence-corrected chi connectivity index (χ2v) is 3.39. The topological polar surface area (TPSA) is 12.5 Å². The molecule has 72 valence electrons. The van der Waals surface area contributed by atoms with Gasteiger partial charge in [0.15, 0.2) is 0 Å². The minimum absolute atomic E-state index is 0.753. The Morgan fingerprint density at radius 2 is 2.00 bits per heavy atom. The van der Waals surface area contributed by atoms with E-state index in [0.717, 1.165) is 31.8 Å². The van der Waals surface area contributed by atoms with Crippen LogP contribution in [0.4, 0.5) is 0 Å². The van der Waals surface area contributed by atoms with Crippen LogP contribution in [-0.4, -0.2) is 36.7 Å². The molecule has 2 nitrogen and oxygen atoms in total. The second-order valence-electron chi connectivity index (χ2n) is 3.39. The molecule has 2 rings (SSSR count). The highest BCUT2D eigenvalue weighted by Crippen LogP contribution is 2.25. The predicted molar refractivity (Wildman–Crippen MR) is 51.4 cm³/mol. The average Bonchev–Trinajstić information content (AvgIpc) is 2.53. The fraction of sp³-hybridized carbons (Fsp3) is 1.00. The normalized spacial score (nSPS) is 35.2. The minimum atomic E-state index is 0.753. The summed E-state index contributed by atoms with van der Waals surface area (Å²) in [6.45, 7) is 9.41. The van der Waals surface area contributed by atoms with Gasteiger partial charge in [-0.2, -0.15) is 0 Å². The molecular weight excluding hydrogens is 150 g/mol. The Balaban J connectivity index is 0.000000336. The van der Waals surface area contributed by atoms with Crippen molar-refractivity contribution in [3.8, 4) is 0 Å². The van der Waals surface area contributed by atoms with Crippen LogP contribution in [-0.2, 0) is 4.74 Å². The molecule has 2 unspecified atom stereocenters. The van der Waals surface area contributed by atoms with Gasteiger partial charge < -0.3 is 4.74 Å². The molecule has 2 heterocycles. The van der Waals surface area contributed by atoms with Gasteiger partial charge in [0.1, 0.15) is 0 Å². The zero-order chi connectivity index (χ0) is 8.97. The van der Waals surface area contributed by atoms with Crippen molar-refractivity contribution >= 4 is 0 Å². The van der Waals surface area contributed by atoms with Crippen LogP contribution in [0.15, 0.2) is 0 Å². The largest absolute Gasteiger partial charge is 0.378 e. The summed E-state index contributed by atoms with van der Waals surface area (Å²) in [6, 6.07) is 1.57. The maximum absolute atomic E-state index is 5.39. The third-order valence-corrected chi connectivity index (χ3v) is 2.76. The first-order valence-electron chi connectivity index (χ1n) is 5.21. The molecule has 0 bridgehead atoms. The van der Waals surface area contributed by atoms with Crippen LogP contribution in [0.2, 0.25) is 0 Å². The second kappa shape index (κ2) is 4.83. The molecule has 2 aliphatic heterocycles. The van der Waals surface area contributed by atoms with Crippen LogP contribution >= 0.6 is 0 Å². The van der Waals surface area contributed by atoms with E-state index in [1.54, 1.807) is 0 Å². The smallest absolute Gasteiger partial charge is 0.0622 e. The minimum Gasteiger partial charge on any atom is -0.378 e. The van der Waals surface area contributed by atoms with E-state index in [-0.39, 0.29) is 0 Å². The van der Waals surface area contributed by atoms with Crippen LogP contribution in [0.3, 0.4) is 0 Å². The first-order valence-corrected chi connectivity index (χ1v) is 5.21. The third kappa shape index (κ3) is 1.99. The molecule has 12 heavy (non-hydrogen) atoms. The molecule has 0 aliphatic carbocycles. The van der Waals surface area contributed by atoms with Gasteiger partial charge in [0.2, 0.25) is 0 Å². The van der Waals surface area contributed by atoms with Crippen molar-refractivity contribution in [3.63, 3.8) is 0 Å². The van der Waals surface area contributed by atoms with Crippen molar-refractivity contribution < 1.29 is 4.74 Å². The SMILES string of the molecule is CC.CC1CCC2COCCN12. The van der Waals surface area contributed by atoms with Gasteiger partial charge in [-0.25, -0.2) is 0 Å². The lowest BCUT2D eigenvalue weighted by atomic mass is 10.2. The standard InChI is InChI=1S/C8H15NO.C2H6/c1-7-2-3-8-6-10-5-4-9(7)8;1-2/h7-8H,2-6H2,1H3;1-2H3. The number of ether oxygens (including phenoxy) is 1. The Morgan fingerprint density at radius 1 is 1.25 bits per heavy atom. The molecule has 2 heteroatoms. The number of hydrogen-bond donors (Lipinski definition) is 0. The van der Waals surface area contributed by atoms with Gasteiger partial charge in [-0.05, 0) is 19.8 Å². The monoisotopic (exact) mass is 171 g/mol. The van der Waals surface area contributed by atoms with Gasteiger partial charge >= 0.3 is 0 Å². The lowest BCUT2D eigenvalue weighted by Crippen LogP contribution is -2.43. The van der Waals surface area contributed by atoms with Crippen LogP contribution < -0.4 is 0 Å². The zero-order valence-electron chi connectivity index (χ0n) is 8.55. The highest BCUT2D eigenvalue weighted by molar-refractivity contribution is 4.86. The van der Waals surface area contributed by atoms with E-state index in [9.17, 15) is 0 Å². The Kier molecular flexibility index (Phi) is 4.02. The van der Waals surface area contributed by atoms with Gasteiger partial charge in [-0.3, -0.25) is 4.90 Å². The summed E-state index contributed by atoms with van der Waals surface area (Å²) in [5.41, 5.74) is 0. The van der Waals surface area contributed by atoms with E-state index in [1.807, 2.05) is 13.8 Å². The first-order chi connectivity index (χ1) is 5.88. The van der Waals surface area contributed by atoms with E-state index >= 15 is 0 Å². The van der Waals surface area contributed by atoms with Crippen LogP contribution in [0.1, 0.15) is 33.6 Å². The van der Waals surface area contributed by atoms with Crippen LogP contribution in [0.25, 0.3) is 0 Å². The molecule has 0 aromatic rings. The Morgan fingerprint density at radius 3 is 2.67 bits per heavy atom. The van der Waals surface area contributed by atoms with Crippen molar-refractivity contribution in [1.82, 2.24) is 4.90 Å². The van der Waals surface area contributed by atoms with Crippen molar-refractivity contribution in [2.24, 2.45) is 0 Å². The maximum Gasteiger partial charge on any atom is 0.0622 e. The van der Waals surface area contributed by atoms with E-state index < -0.39 is 0 Å². The lowest BCUT2D eigenvalue weighted by Gasteiger charge is -2.32. The van der Waals surface area contributed by atoms with E-state index in [1.165, 1.54) is 12.8 Å². The van der Waals surface area contributed by atoms with Crippen molar-refractivity contribution in [1.29, 1.82) is 0 Å². The Labute approximate surface area is 75.9 Å². The van der Waals surface area contributed by atoms with Crippen LogP contribution in [0, 0.1) is 0 Å². The number of nitrogens with zero attached hydrogens (tertiary/aromatic N) is 1. The molecule has 2 atom stereocenters. The van der Waals surface area contributed by atoms with Gasteiger partial charge in [0, 0.05) is 18.6 Å². The molecule has 0 radical (unpaired) electrons. The Hall–Kier alpha value is -0.0800. The quantitative estimate of drug-likeness (QED) is 0.552. The summed E-state index contributed by atoms with van der Waals surface area (Å²) in [7, 11) is 0. The zero-order valence-corrected chi connectivity index (χ0v) is 8.55. The van der Waals surface area contributed by atoms with Gasteiger partial charge in [-0.1, -0.05) is 13.8 Å². The molecule has 2 saturated heterocycles. The molecule has 0 saturated carbocycles. The summed E-state index contributed by atoms with van der Waals surface area (Å²) in [5.74, 6) is 0. The van der Waals surface area contributed by atoms with Crippen molar-refractivity contribution in [2.75, 3.05) is 19.8 Å². The van der Waals surface area contributed by atoms with Gasteiger partial charge in [0.05, 0.1) is 13.2 Å². The summed E-state index contributed by atoms with van der Waals surface area (Å²) in [6.07, 6.45) is 2.72. The first kappa shape index (κ1) is 10.0. The molecule has 0 amide bonds. The number of rotatable bonds is 0. The molecule has 0 aromatic carbocycles. The highest BCUT2D eigenvalue weighted by atomic mass is 16.5. The van der Waals surface area contributed by atoms with Gasteiger partial charge in [0.25, 0.3) is 0 Å². The number of fused-ring (bicyclic) bond motifs is 1. The summed E-state index contributed by atoms with van der Waals surface area (Å²) >= 11 is 0. The highest BCUT2D eigenvalue weighted by Gasteiger charge is 2.32. The molecule has 0 spiro atoms. The van der Waals surface area contributed by atoms with E-state index in [0.29, 0.717) is 0 Å². The molecule has 0 N–H and O–H groups in total. The Bertz CT molecular complexity index is 125. The molecule has 0 aromatic heterocycles. The number of hydrogen-bond acceptors (Lipinski definition) is 2. The lowest BCUT2D eigenvalue weighted by molar-refractivity contribution is 0.0000264. The summed E-state index contributed by atoms with van der Waals surface area (Å²) < 4.78 is 5.39. The van der Waals surface area contributed by atoms with E-state index in [2.05, 4.69) is 11.8 Å². The molecular formula is C10H21NO. The molecule has 2 aliphatic rings. The predicted octanol–water partition coefficient (Wildman–Crippen LogP) is 1.90. The average molecular weight is 171 g/mol. The fourth-order valence-corrected chi connectivity index (χ4v) is 2.10. The van der Waals surface area contributed by atoms with E-state index in [4.69, 9.17) is 4.74 Å².